The van der Waals surface area contributed by atoms with E-state index in [0.717, 1.165) is 6.42 Å². The van der Waals surface area contributed by atoms with Crippen molar-refractivity contribution in [2.45, 2.75) is 26.2 Å². The Hall–Kier alpha value is -1.17. The van der Waals surface area contributed by atoms with E-state index in [-0.39, 0.29) is 11.5 Å². The van der Waals surface area contributed by atoms with Crippen LogP contribution in [0.3, 0.4) is 0 Å². The Bertz CT molecular complexity index is 320. The summed E-state index contributed by atoms with van der Waals surface area (Å²) in [6.07, 6.45) is 3.53. The van der Waals surface area contributed by atoms with Gasteiger partial charge < -0.3 is 16.4 Å². The van der Waals surface area contributed by atoms with Gasteiger partial charge in [0.15, 0.2) is 0 Å². The lowest BCUT2D eigenvalue weighted by Gasteiger charge is -2.15. The molecule has 0 radical (unpaired) electrons. The summed E-state index contributed by atoms with van der Waals surface area (Å²) in [5.74, 6) is -0.180. The van der Waals surface area contributed by atoms with Crippen LogP contribution in [-0.4, -0.2) is 29.9 Å². The summed E-state index contributed by atoms with van der Waals surface area (Å²) in [6.45, 7) is 2.80. The standard InChI is InChI=1S/C11H19N3O2S/c1-7-3-2-4-8(7)5-13-10(15)11(16)14-6-9(12)17/h7-8H,2-6H2,1H3,(H2,12,17)(H,13,15)(H,14,16). The summed E-state index contributed by atoms with van der Waals surface area (Å²) in [6, 6.07) is 0. The normalized spacial score (nSPS) is 23.1. The van der Waals surface area contributed by atoms with Crippen LogP contribution in [0.15, 0.2) is 0 Å². The molecule has 2 amide bonds. The Labute approximate surface area is 107 Å². The Morgan fingerprint density at radius 2 is 1.94 bits per heavy atom. The number of hydrogen-bond acceptors (Lipinski definition) is 3. The molecule has 1 fully saturated rings. The van der Waals surface area contributed by atoms with Crippen molar-refractivity contribution in [3.05, 3.63) is 0 Å². The fourth-order valence-electron chi connectivity index (χ4n) is 2.08. The maximum Gasteiger partial charge on any atom is 0.309 e. The molecule has 4 N–H and O–H groups in total. The van der Waals surface area contributed by atoms with Crippen molar-refractivity contribution in [2.24, 2.45) is 17.6 Å². The molecule has 1 saturated carbocycles. The van der Waals surface area contributed by atoms with Crippen molar-refractivity contribution in [3.63, 3.8) is 0 Å². The Balaban J connectivity index is 2.24. The van der Waals surface area contributed by atoms with Gasteiger partial charge in [-0.1, -0.05) is 32.0 Å². The molecule has 0 saturated heterocycles. The summed E-state index contributed by atoms with van der Waals surface area (Å²) < 4.78 is 0. The first-order chi connectivity index (χ1) is 8.00. The largest absolute Gasteiger partial charge is 0.392 e. The first-order valence-corrected chi connectivity index (χ1v) is 6.26. The predicted molar refractivity (Wildman–Crippen MR) is 69.3 cm³/mol. The van der Waals surface area contributed by atoms with E-state index in [9.17, 15) is 9.59 Å². The van der Waals surface area contributed by atoms with Gasteiger partial charge in [-0.15, -0.1) is 0 Å². The zero-order valence-corrected chi connectivity index (χ0v) is 10.8. The second-order valence-electron chi connectivity index (χ2n) is 4.53. The van der Waals surface area contributed by atoms with Crippen LogP contribution in [0.1, 0.15) is 26.2 Å². The molecule has 96 valence electrons. The molecule has 2 unspecified atom stereocenters. The first-order valence-electron chi connectivity index (χ1n) is 5.85. The smallest absolute Gasteiger partial charge is 0.309 e. The van der Waals surface area contributed by atoms with Crippen LogP contribution in [0, 0.1) is 11.8 Å². The fourth-order valence-corrected chi connectivity index (χ4v) is 2.15. The summed E-state index contributed by atoms with van der Waals surface area (Å²) in [5, 5.41) is 4.99. The predicted octanol–water partition coefficient (Wildman–Crippen LogP) is -0.0589. The molecular formula is C11H19N3O2S. The van der Waals surface area contributed by atoms with Crippen molar-refractivity contribution in [2.75, 3.05) is 13.1 Å². The van der Waals surface area contributed by atoms with Crippen LogP contribution < -0.4 is 16.4 Å². The third kappa shape index (κ3) is 4.68. The number of rotatable bonds is 4. The molecule has 1 rings (SSSR count). The molecule has 0 aliphatic heterocycles. The molecule has 2 atom stereocenters. The Morgan fingerprint density at radius 3 is 2.47 bits per heavy atom. The van der Waals surface area contributed by atoms with Crippen molar-refractivity contribution >= 4 is 29.0 Å². The average molecular weight is 257 g/mol. The summed E-state index contributed by atoms with van der Waals surface area (Å²) in [7, 11) is 0. The minimum absolute atomic E-state index is 0.0570. The Morgan fingerprint density at radius 1 is 1.29 bits per heavy atom. The molecule has 0 aromatic heterocycles. The maximum absolute atomic E-state index is 11.4. The first kappa shape index (κ1) is 13.9. The number of carbonyl (C=O) groups excluding carboxylic acids is 2. The van der Waals surface area contributed by atoms with Gasteiger partial charge in [-0.3, -0.25) is 9.59 Å². The number of hydrogen-bond donors (Lipinski definition) is 3. The van der Waals surface area contributed by atoms with E-state index in [0.29, 0.717) is 18.4 Å². The Kier molecular flexibility index (Phi) is 5.34. The van der Waals surface area contributed by atoms with Gasteiger partial charge in [0.25, 0.3) is 0 Å². The molecule has 0 bridgehead atoms. The quantitative estimate of drug-likeness (QED) is 0.487. The topological polar surface area (TPSA) is 84.2 Å². The molecule has 0 aromatic rings. The third-order valence-corrected chi connectivity index (χ3v) is 3.34. The maximum atomic E-state index is 11.4. The van der Waals surface area contributed by atoms with E-state index in [2.05, 4.69) is 29.8 Å². The SMILES string of the molecule is CC1CCCC1CNC(=O)C(=O)NCC(N)=S. The van der Waals surface area contributed by atoms with Gasteiger partial charge in [0.1, 0.15) is 0 Å². The minimum atomic E-state index is -0.677. The van der Waals surface area contributed by atoms with E-state index >= 15 is 0 Å². The van der Waals surface area contributed by atoms with Crippen LogP contribution in [-0.2, 0) is 9.59 Å². The molecule has 1 aliphatic carbocycles. The van der Waals surface area contributed by atoms with Crippen molar-refractivity contribution in [1.29, 1.82) is 0 Å². The van der Waals surface area contributed by atoms with Gasteiger partial charge in [0, 0.05) is 6.54 Å². The minimum Gasteiger partial charge on any atom is -0.392 e. The fraction of sp³-hybridized carbons (Fsp3) is 0.727. The summed E-state index contributed by atoms with van der Waals surface area (Å²) >= 11 is 4.60. The molecule has 0 aromatic carbocycles. The highest BCUT2D eigenvalue weighted by atomic mass is 32.1. The van der Waals surface area contributed by atoms with E-state index in [1.165, 1.54) is 12.8 Å². The van der Waals surface area contributed by atoms with Crippen molar-refractivity contribution in [3.8, 4) is 0 Å². The molecule has 6 heteroatoms. The van der Waals surface area contributed by atoms with Crippen molar-refractivity contribution in [1.82, 2.24) is 10.6 Å². The van der Waals surface area contributed by atoms with Crippen LogP contribution in [0.2, 0.25) is 0 Å². The van der Waals surface area contributed by atoms with Gasteiger partial charge in [-0.05, 0) is 18.3 Å². The number of nitrogens with two attached hydrogens (primary N) is 1. The van der Waals surface area contributed by atoms with Crippen LogP contribution in [0.5, 0.6) is 0 Å². The number of carbonyl (C=O) groups is 2. The van der Waals surface area contributed by atoms with Gasteiger partial charge in [-0.2, -0.15) is 0 Å². The lowest BCUT2D eigenvalue weighted by molar-refractivity contribution is -0.139. The van der Waals surface area contributed by atoms with E-state index in [1.807, 2.05) is 0 Å². The zero-order chi connectivity index (χ0) is 12.8. The number of thiocarbonyl (C=S) groups is 1. The van der Waals surface area contributed by atoms with Crippen molar-refractivity contribution < 1.29 is 9.59 Å². The molecule has 0 spiro atoms. The van der Waals surface area contributed by atoms with Gasteiger partial charge in [0.05, 0.1) is 11.5 Å². The molecular weight excluding hydrogens is 238 g/mol. The second-order valence-corrected chi connectivity index (χ2v) is 5.05. The second kappa shape index (κ2) is 6.54. The number of nitrogens with one attached hydrogen (secondary N) is 2. The van der Waals surface area contributed by atoms with Gasteiger partial charge in [-0.25, -0.2) is 0 Å². The van der Waals surface area contributed by atoms with E-state index in [1.54, 1.807) is 0 Å². The summed E-state index contributed by atoms with van der Waals surface area (Å²) in [4.78, 5) is 22.9. The molecule has 0 heterocycles. The number of amides is 2. The third-order valence-electron chi connectivity index (χ3n) is 3.19. The van der Waals surface area contributed by atoms with Crippen LogP contribution in [0.4, 0.5) is 0 Å². The highest BCUT2D eigenvalue weighted by molar-refractivity contribution is 7.80. The van der Waals surface area contributed by atoms with Crippen LogP contribution in [0.25, 0.3) is 0 Å². The summed E-state index contributed by atoms with van der Waals surface area (Å²) in [5.41, 5.74) is 5.22. The molecule has 1 aliphatic rings. The molecule has 17 heavy (non-hydrogen) atoms. The zero-order valence-electron chi connectivity index (χ0n) is 9.99. The molecule has 5 nitrogen and oxygen atoms in total. The van der Waals surface area contributed by atoms with Crippen LogP contribution >= 0.6 is 12.2 Å². The van der Waals surface area contributed by atoms with E-state index in [4.69, 9.17) is 5.73 Å². The van der Waals surface area contributed by atoms with Gasteiger partial charge >= 0.3 is 11.8 Å². The highest BCUT2D eigenvalue weighted by Gasteiger charge is 2.24. The average Bonchev–Trinajstić information content (AvgIpc) is 2.68. The highest BCUT2D eigenvalue weighted by Crippen LogP contribution is 2.30. The van der Waals surface area contributed by atoms with Gasteiger partial charge in [0.2, 0.25) is 0 Å². The van der Waals surface area contributed by atoms with E-state index < -0.39 is 11.8 Å². The lowest BCUT2D eigenvalue weighted by Crippen LogP contribution is -2.44. The lowest BCUT2D eigenvalue weighted by atomic mass is 9.98. The monoisotopic (exact) mass is 257 g/mol.